The van der Waals surface area contributed by atoms with Crippen molar-refractivity contribution in [2.45, 2.75) is 12.8 Å². The van der Waals surface area contributed by atoms with E-state index in [1.54, 1.807) is 6.20 Å². The predicted molar refractivity (Wildman–Crippen MR) is 71.6 cm³/mol. The van der Waals surface area contributed by atoms with E-state index in [0.29, 0.717) is 5.88 Å². The minimum atomic E-state index is 0.435. The summed E-state index contributed by atoms with van der Waals surface area (Å²) >= 11 is 10.6. The normalized spacial score (nSPS) is 10.4. The maximum atomic E-state index is 5.69. The number of thiazole rings is 1. The van der Waals surface area contributed by atoms with E-state index in [1.165, 1.54) is 11.3 Å². The number of aryl methyl sites for hydroxylation is 1. The molecule has 2 rings (SSSR count). The van der Waals surface area contributed by atoms with E-state index in [1.807, 2.05) is 18.4 Å². The van der Waals surface area contributed by atoms with Crippen molar-refractivity contribution in [2.24, 2.45) is 0 Å². The van der Waals surface area contributed by atoms with Gasteiger partial charge in [-0.3, -0.25) is 0 Å². The summed E-state index contributed by atoms with van der Waals surface area (Å²) in [6.07, 6.45) is 1.76. The second-order valence-corrected chi connectivity index (χ2v) is 5.26. The number of anilines is 2. The summed E-state index contributed by atoms with van der Waals surface area (Å²) in [7, 11) is 0. The fourth-order valence-electron chi connectivity index (χ4n) is 1.20. The third-order valence-electron chi connectivity index (χ3n) is 1.96. The summed E-state index contributed by atoms with van der Waals surface area (Å²) in [5.41, 5.74) is 1.95. The standard InChI is InChI=1S/C10H9BrClN3S/c1-6-2-7(11)4-13-9(6)15-10-14-8(3-12)5-16-10/h2,4-5H,3H2,1H3,(H,13,14,15). The molecule has 0 saturated heterocycles. The molecule has 0 fully saturated rings. The van der Waals surface area contributed by atoms with Gasteiger partial charge in [-0.25, -0.2) is 9.97 Å². The number of aromatic nitrogens is 2. The minimum absolute atomic E-state index is 0.435. The van der Waals surface area contributed by atoms with E-state index >= 15 is 0 Å². The summed E-state index contributed by atoms with van der Waals surface area (Å²) in [5, 5.41) is 5.92. The maximum absolute atomic E-state index is 5.69. The first kappa shape index (κ1) is 11.8. The van der Waals surface area contributed by atoms with Crippen molar-refractivity contribution in [3.63, 3.8) is 0 Å². The molecule has 2 aromatic rings. The summed E-state index contributed by atoms with van der Waals surface area (Å²) in [6.45, 7) is 2.00. The molecule has 0 saturated carbocycles. The SMILES string of the molecule is Cc1cc(Br)cnc1Nc1nc(CCl)cs1. The average molecular weight is 319 g/mol. The molecular weight excluding hydrogens is 310 g/mol. The van der Waals surface area contributed by atoms with Crippen LogP contribution in [-0.2, 0) is 5.88 Å². The molecule has 0 aromatic carbocycles. The number of hydrogen-bond donors (Lipinski definition) is 1. The van der Waals surface area contributed by atoms with Gasteiger partial charge in [-0.1, -0.05) is 0 Å². The first-order valence-corrected chi connectivity index (χ1v) is 6.79. The number of nitrogens with zero attached hydrogens (tertiary/aromatic N) is 2. The lowest BCUT2D eigenvalue weighted by Gasteiger charge is -2.05. The van der Waals surface area contributed by atoms with Crippen LogP contribution in [0.1, 0.15) is 11.3 Å². The fraction of sp³-hybridized carbons (Fsp3) is 0.200. The number of pyridine rings is 1. The monoisotopic (exact) mass is 317 g/mol. The summed E-state index contributed by atoms with van der Waals surface area (Å²) < 4.78 is 0.969. The molecule has 0 aliphatic carbocycles. The van der Waals surface area contributed by atoms with E-state index in [2.05, 4.69) is 31.2 Å². The molecule has 0 aliphatic heterocycles. The van der Waals surface area contributed by atoms with Gasteiger partial charge in [0.1, 0.15) is 5.82 Å². The molecule has 0 atom stereocenters. The largest absolute Gasteiger partial charge is 0.316 e. The molecule has 2 heterocycles. The van der Waals surface area contributed by atoms with Crippen molar-refractivity contribution in [3.8, 4) is 0 Å². The Balaban J connectivity index is 2.20. The molecule has 84 valence electrons. The molecule has 0 unspecified atom stereocenters. The van der Waals surface area contributed by atoms with Crippen molar-refractivity contribution in [2.75, 3.05) is 5.32 Å². The Morgan fingerprint density at radius 1 is 1.56 bits per heavy atom. The third-order valence-corrected chi connectivity index (χ3v) is 3.47. The first-order valence-electron chi connectivity index (χ1n) is 4.58. The Morgan fingerprint density at radius 2 is 2.38 bits per heavy atom. The van der Waals surface area contributed by atoms with Gasteiger partial charge < -0.3 is 5.32 Å². The lowest BCUT2D eigenvalue weighted by Crippen LogP contribution is -1.95. The molecular formula is C10H9BrClN3S. The Bertz CT molecular complexity index is 501. The van der Waals surface area contributed by atoms with Gasteiger partial charge in [-0.2, -0.15) is 0 Å². The van der Waals surface area contributed by atoms with Gasteiger partial charge in [0, 0.05) is 16.0 Å². The Labute approximate surface area is 111 Å². The number of hydrogen-bond acceptors (Lipinski definition) is 4. The molecule has 0 radical (unpaired) electrons. The van der Waals surface area contributed by atoms with E-state index in [4.69, 9.17) is 11.6 Å². The van der Waals surface area contributed by atoms with Crippen LogP contribution in [0.3, 0.4) is 0 Å². The van der Waals surface area contributed by atoms with Crippen LogP contribution in [0.2, 0.25) is 0 Å². The zero-order valence-corrected chi connectivity index (χ0v) is 11.7. The van der Waals surface area contributed by atoms with Crippen LogP contribution in [0.25, 0.3) is 0 Å². The van der Waals surface area contributed by atoms with Gasteiger partial charge in [0.2, 0.25) is 0 Å². The highest BCUT2D eigenvalue weighted by Crippen LogP contribution is 2.23. The van der Waals surface area contributed by atoms with Crippen molar-refractivity contribution in [1.29, 1.82) is 0 Å². The van der Waals surface area contributed by atoms with Gasteiger partial charge >= 0.3 is 0 Å². The molecule has 0 spiro atoms. The summed E-state index contributed by atoms with van der Waals surface area (Å²) in [6, 6.07) is 2.01. The lowest BCUT2D eigenvalue weighted by atomic mass is 10.3. The van der Waals surface area contributed by atoms with Crippen LogP contribution in [-0.4, -0.2) is 9.97 Å². The molecule has 6 heteroatoms. The lowest BCUT2D eigenvalue weighted by molar-refractivity contribution is 1.19. The number of halogens is 2. The van der Waals surface area contributed by atoms with Crippen LogP contribution in [0, 0.1) is 6.92 Å². The van der Waals surface area contributed by atoms with Crippen LogP contribution in [0.4, 0.5) is 10.9 Å². The fourth-order valence-corrected chi connectivity index (χ4v) is 2.58. The van der Waals surface area contributed by atoms with Crippen LogP contribution < -0.4 is 5.32 Å². The number of rotatable bonds is 3. The van der Waals surface area contributed by atoms with Gasteiger partial charge in [0.25, 0.3) is 0 Å². The quantitative estimate of drug-likeness (QED) is 0.866. The van der Waals surface area contributed by atoms with Crippen molar-refractivity contribution >= 4 is 49.8 Å². The highest BCUT2D eigenvalue weighted by molar-refractivity contribution is 9.10. The van der Waals surface area contributed by atoms with Gasteiger partial charge in [0.05, 0.1) is 11.6 Å². The van der Waals surface area contributed by atoms with E-state index in [9.17, 15) is 0 Å². The number of alkyl halides is 1. The first-order chi connectivity index (χ1) is 7.69. The maximum Gasteiger partial charge on any atom is 0.188 e. The molecule has 3 nitrogen and oxygen atoms in total. The van der Waals surface area contributed by atoms with Crippen LogP contribution in [0.5, 0.6) is 0 Å². The second-order valence-electron chi connectivity index (χ2n) is 3.22. The van der Waals surface area contributed by atoms with Crippen LogP contribution >= 0.6 is 38.9 Å². The van der Waals surface area contributed by atoms with Gasteiger partial charge in [-0.15, -0.1) is 22.9 Å². The molecule has 0 bridgehead atoms. The van der Waals surface area contributed by atoms with E-state index < -0.39 is 0 Å². The summed E-state index contributed by atoms with van der Waals surface area (Å²) in [5.74, 6) is 1.25. The number of nitrogens with one attached hydrogen (secondary N) is 1. The topological polar surface area (TPSA) is 37.8 Å². The smallest absolute Gasteiger partial charge is 0.188 e. The van der Waals surface area contributed by atoms with Gasteiger partial charge in [0.15, 0.2) is 5.13 Å². The van der Waals surface area contributed by atoms with Crippen LogP contribution in [0.15, 0.2) is 22.1 Å². The zero-order valence-electron chi connectivity index (χ0n) is 8.50. The van der Waals surface area contributed by atoms with Crippen molar-refractivity contribution in [1.82, 2.24) is 9.97 Å². The van der Waals surface area contributed by atoms with Crippen molar-refractivity contribution in [3.05, 3.63) is 33.4 Å². The predicted octanol–water partition coefficient (Wildman–Crippen LogP) is 4.09. The third kappa shape index (κ3) is 2.72. The van der Waals surface area contributed by atoms with Crippen molar-refractivity contribution < 1.29 is 0 Å². The van der Waals surface area contributed by atoms with Gasteiger partial charge in [-0.05, 0) is 34.5 Å². The van der Waals surface area contributed by atoms with E-state index in [0.717, 1.165) is 26.7 Å². The Morgan fingerprint density at radius 3 is 3.00 bits per heavy atom. The van der Waals surface area contributed by atoms with E-state index in [-0.39, 0.29) is 0 Å². The summed E-state index contributed by atoms with van der Waals surface area (Å²) in [4.78, 5) is 8.60. The Hall–Kier alpha value is -0.650. The average Bonchev–Trinajstić information content (AvgIpc) is 2.70. The molecule has 0 aliphatic rings. The Kier molecular flexibility index (Phi) is 3.78. The highest BCUT2D eigenvalue weighted by atomic mass is 79.9. The molecule has 16 heavy (non-hydrogen) atoms. The zero-order chi connectivity index (χ0) is 11.5. The second kappa shape index (κ2) is 5.12. The highest BCUT2D eigenvalue weighted by Gasteiger charge is 2.04. The molecule has 0 amide bonds. The molecule has 1 N–H and O–H groups in total. The minimum Gasteiger partial charge on any atom is -0.316 e. The molecule has 2 aromatic heterocycles.